The molecule has 0 radical (unpaired) electrons. The van der Waals surface area contributed by atoms with Gasteiger partial charge in [0.25, 0.3) is 0 Å². The third-order valence-electron chi connectivity index (χ3n) is 4.56. The first-order valence-electron chi connectivity index (χ1n) is 9.45. The van der Waals surface area contributed by atoms with E-state index in [1.807, 2.05) is 31.2 Å². The molecule has 5 N–H and O–H groups in total. The van der Waals surface area contributed by atoms with Crippen molar-refractivity contribution in [2.45, 2.75) is 35.8 Å². The molecule has 1 fully saturated rings. The Morgan fingerprint density at radius 1 is 1.16 bits per heavy atom. The lowest BCUT2D eigenvalue weighted by atomic mass is 10.1. The van der Waals surface area contributed by atoms with Crippen molar-refractivity contribution in [1.82, 2.24) is 5.32 Å². The average Bonchev–Trinajstić information content (AvgIpc) is 2.73. The fourth-order valence-electron chi connectivity index (χ4n) is 2.95. The van der Waals surface area contributed by atoms with Crippen LogP contribution in [-0.2, 0) is 9.47 Å². The van der Waals surface area contributed by atoms with Gasteiger partial charge in [-0.2, -0.15) is 0 Å². The molecule has 168 valence electrons. The molecule has 0 amide bonds. The summed E-state index contributed by atoms with van der Waals surface area (Å²) in [5.41, 5.74) is 6.27. The van der Waals surface area contributed by atoms with Gasteiger partial charge in [0.15, 0.2) is 23.7 Å². The van der Waals surface area contributed by atoms with Crippen LogP contribution in [0.3, 0.4) is 0 Å². The summed E-state index contributed by atoms with van der Waals surface area (Å²) in [4.78, 5) is 0.916. The van der Waals surface area contributed by atoms with Gasteiger partial charge < -0.3 is 30.7 Å². The molecule has 0 bridgehead atoms. The molecule has 0 aromatic heterocycles. The number of benzene rings is 2. The number of halogens is 3. The van der Waals surface area contributed by atoms with Crippen LogP contribution in [0.25, 0.3) is 5.70 Å². The minimum Gasteiger partial charge on any atom is -0.397 e. The van der Waals surface area contributed by atoms with Crippen LogP contribution in [0.4, 0.5) is 13.2 Å². The van der Waals surface area contributed by atoms with E-state index in [-0.39, 0.29) is 17.8 Å². The zero-order valence-corrected chi connectivity index (χ0v) is 17.4. The lowest BCUT2D eigenvalue weighted by Crippen LogP contribution is -2.52. The third-order valence-corrected chi connectivity index (χ3v) is 5.73. The summed E-state index contributed by atoms with van der Waals surface area (Å²) in [6, 6.07) is 9.30. The Labute approximate surface area is 181 Å². The van der Waals surface area contributed by atoms with Gasteiger partial charge in [-0.15, -0.1) is 0 Å². The predicted molar refractivity (Wildman–Crippen MR) is 110 cm³/mol. The van der Waals surface area contributed by atoms with Gasteiger partial charge in [0.05, 0.1) is 12.3 Å². The molecule has 0 spiro atoms. The summed E-state index contributed by atoms with van der Waals surface area (Å²) in [6.45, 7) is 1.67. The number of aliphatic hydroxyl groups is 2. The van der Waals surface area contributed by atoms with E-state index in [9.17, 15) is 23.4 Å². The van der Waals surface area contributed by atoms with Gasteiger partial charge in [-0.05, 0) is 31.2 Å². The van der Waals surface area contributed by atoms with Crippen LogP contribution in [0.5, 0.6) is 0 Å². The average molecular weight is 456 g/mol. The van der Waals surface area contributed by atoms with Gasteiger partial charge in [-0.3, -0.25) is 0 Å². The Morgan fingerprint density at radius 2 is 1.87 bits per heavy atom. The quantitative estimate of drug-likeness (QED) is 0.476. The Bertz CT molecular complexity index is 924. The maximum Gasteiger partial charge on any atom is 0.194 e. The number of rotatable bonds is 7. The van der Waals surface area contributed by atoms with E-state index in [0.29, 0.717) is 0 Å². The summed E-state index contributed by atoms with van der Waals surface area (Å²) in [6.07, 6.45) is -1.57. The smallest absolute Gasteiger partial charge is 0.194 e. The van der Waals surface area contributed by atoms with Gasteiger partial charge >= 0.3 is 0 Å². The highest BCUT2D eigenvalue weighted by Crippen LogP contribution is 2.33. The van der Waals surface area contributed by atoms with Crippen LogP contribution >= 0.6 is 11.8 Å². The normalized spacial score (nSPS) is 24.3. The van der Waals surface area contributed by atoms with Gasteiger partial charge in [0, 0.05) is 23.2 Å². The lowest BCUT2D eigenvalue weighted by molar-refractivity contribution is -0.270. The molecule has 10 heteroatoms. The van der Waals surface area contributed by atoms with Gasteiger partial charge in [0.2, 0.25) is 0 Å². The van der Waals surface area contributed by atoms with Gasteiger partial charge in [-0.25, -0.2) is 13.2 Å². The number of nitrogens with one attached hydrogen (secondary N) is 1. The van der Waals surface area contributed by atoms with E-state index in [0.717, 1.165) is 22.6 Å². The third kappa shape index (κ3) is 5.92. The van der Waals surface area contributed by atoms with Crippen molar-refractivity contribution in [3.8, 4) is 0 Å². The van der Waals surface area contributed by atoms with Gasteiger partial charge in [-0.1, -0.05) is 29.5 Å². The highest BCUT2D eigenvalue weighted by Gasteiger charge is 2.38. The van der Waals surface area contributed by atoms with Crippen molar-refractivity contribution in [2.24, 2.45) is 5.73 Å². The standard InChI is InChI=1S/C21H23F3N2O4S/c1-11-3-2-4-13(5-11)31-21-17(29-20(28)18(10-27)30-21)9-26-8-16(25)12-6-14(22)19(24)15(23)7-12/h2-8,17-18,20-21,26-28H,9-10,25H2,1H3/b16-8-. The molecule has 4 unspecified atom stereocenters. The highest BCUT2D eigenvalue weighted by atomic mass is 32.2. The summed E-state index contributed by atoms with van der Waals surface area (Å²) in [5, 5.41) is 22.3. The van der Waals surface area contributed by atoms with E-state index < -0.39 is 48.0 Å². The molecule has 1 heterocycles. The Hall–Kier alpha value is -2.24. The monoisotopic (exact) mass is 456 g/mol. The maximum atomic E-state index is 13.4. The lowest BCUT2D eigenvalue weighted by Gasteiger charge is -2.38. The largest absolute Gasteiger partial charge is 0.397 e. The van der Waals surface area contributed by atoms with Gasteiger partial charge in [0.1, 0.15) is 17.6 Å². The molecule has 1 saturated heterocycles. The second-order valence-corrected chi connectivity index (χ2v) is 8.16. The second-order valence-electron chi connectivity index (χ2n) is 6.99. The summed E-state index contributed by atoms with van der Waals surface area (Å²) >= 11 is 1.37. The van der Waals surface area contributed by atoms with Crippen LogP contribution in [0.2, 0.25) is 0 Å². The molecule has 0 aliphatic carbocycles. The van der Waals surface area contributed by atoms with Crippen molar-refractivity contribution in [1.29, 1.82) is 0 Å². The Kier molecular flexibility index (Phi) is 7.84. The first-order chi connectivity index (χ1) is 14.8. The molecular weight excluding hydrogens is 433 g/mol. The summed E-state index contributed by atoms with van der Waals surface area (Å²) in [7, 11) is 0. The van der Waals surface area contributed by atoms with E-state index in [1.165, 1.54) is 18.0 Å². The molecule has 2 aromatic carbocycles. The highest BCUT2D eigenvalue weighted by molar-refractivity contribution is 7.99. The molecule has 0 saturated carbocycles. The minimum absolute atomic E-state index is 0.0220. The van der Waals surface area contributed by atoms with Crippen molar-refractivity contribution in [3.63, 3.8) is 0 Å². The van der Waals surface area contributed by atoms with Crippen LogP contribution in [-0.4, -0.2) is 47.3 Å². The molecule has 1 aliphatic rings. The Morgan fingerprint density at radius 3 is 2.52 bits per heavy atom. The first-order valence-corrected chi connectivity index (χ1v) is 10.3. The Balaban J connectivity index is 1.70. The molecule has 4 atom stereocenters. The predicted octanol–water partition coefficient (Wildman–Crippen LogP) is 2.47. The van der Waals surface area contributed by atoms with E-state index in [2.05, 4.69) is 5.32 Å². The number of hydrogen-bond donors (Lipinski definition) is 4. The zero-order valence-electron chi connectivity index (χ0n) is 16.6. The van der Waals surface area contributed by atoms with Crippen LogP contribution < -0.4 is 11.1 Å². The number of hydrogen-bond acceptors (Lipinski definition) is 7. The SMILES string of the molecule is Cc1cccc(SC2OC(CO)C(O)OC2CN/C=C(\N)c2cc(F)c(F)c(F)c2)c1. The fraction of sp³-hybridized carbons (Fsp3) is 0.333. The van der Waals surface area contributed by atoms with Crippen LogP contribution in [0, 0.1) is 24.4 Å². The molecular formula is C21H23F3N2O4S. The molecule has 3 rings (SSSR count). The van der Waals surface area contributed by atoms with Crippen LogP contribution in [0.15, 0.2) is 47.5 Å². The summed E-state index contributed by atoms with van der Waals surface area (Å²) < 4.78 is 51.3. The number of nitrogens with two attached hydrogens (primary N) is 1. The number of ether oxygens (including phenoxy) is 2. The van der Waals surface area contributed by atoms with E-state index in [4.69, 9.17) is 15.2 Å². The minimum atomic E-state index is -1.57. The van der Waals surface area contributed by atoms with Crippen molar-refractivity contribution in [3.05, 3.63) is 71.2 Å². The first kappa shape index (κ1) is 23.4. The van der Waals surface area contributed by atoms with Crippen molar-refractivity contribution in [2.75, 3.05) is 13.2 Å². The van der Waals surface area contributed by atoms with Crippen molar-refractivity contribution >= 4 is 17.5 Å². The number of aryl methyl sites for hydroxylation is 1. The zero-order chi connectivity index (χ0) is 22.5. The molecule has 1 aliphatic heterocycles. The number of thioether (sulfide) groups is 1. The summed E-state index contributed by atoms with van der Waals surface area (Å²) in [5.74, 6) is -4.26. The van der Waals surface area contributed by atoms with Crippen molar-refractivity contribution < 1.29 is 32.9 Å². The topological polar surface area (TPSA) is 97.0 Å². The second kappa shape index (κ2) is 10.4. The molecule has 31 heavy (non-hydrogen) atoms. The fourth-order valence-corrected chi connectivity index (χ4v) is 4.14. The molecule has 2 aromatic rings. The maximum absolute atomic E-state index is 13.4. The van der Waals surface area contributed by atoms with Crippen LogP contribution in [0.1, 0.15) is 11.1 Å². The van der Waals surface area contributed by atoms with E-state index in [1.54, 1.807) is 0 Å². The van der Waals surface area contributed by atoms with E-state index >= 15 is 0 Å². The number of aliphatic hydroxyl groups excluding tert-OH is 2. The molecule has 6 nitrogen and oxygen atoms in total.